The van der Waals surface area contributed by atoms with Gasteiger partial charge in [-0.2, -0.15) is 9.97 Å². The molecule has 32 heavy (non-hydrogen) atoms. The lowest BCUT2D eigenvalue weighted by atomic mass is 10.1. The van der Waals surface area contributed by atoms with Crippen LogP contribution in [0.25, 0.3) is 34.4 Å². The van der Waals surface area contributed by atoms with Gasteiger partial charge >= 0.3 is 5.69 Å². The van der Waals surface area contributed by atoms with Crippen LogP contribution in [0.5, 0.6) is 6.01 Å². The number of ether oxygens (including phenoxy) is 1. The van der Waals surface area contributed by atoms with E-state index in [1.807, 2.05) is 30.3 Å². The molecule has 0 saturated carbocycles. The summed E-state index contributed by atoms with van der Waals surface area (Å²) in [5, 5.41) is 1.90. The zero-order valence-electron chi connectivity index (χ0n) is 18.2. The van der Waals surface area contributed by atoms with Gasteiger partial charge < -0.3 is 14.7 Å². The van der Waals surface area contributed by atoms with Crippen LogP contribution in [0, 0.1) is 5.92 Å². The van der Waals surface area contributed by atoms with Crippen LogP contribution >= 0.6 is 0 Å². The summed E-state index contributed by atoms with van der Waals surface area (Å²) in [4.78, 5) is 32.8. The van der Waals surface area contributed by atoms with Crippen molar-refractivity contribution in [3.8, 4) is 11.7 Å². The molecule has 162 valence electrons. The van der Waals surface area contributed by atoms with E-state index < -0.39 is 0 Å². The predicted octanol–water partition coefficient (Wildman–Crippen LogP) is 2.09. The monoisotopic (exact) mass is 428 g/mol. The maximum atomic E-state index is 12.9. The molecule has 4 aromatic rings. The fourth-order valence-corrected chi connectivity index (χ4v) is 3.97. The van der Waals surface area contributed by atoms with Crippen molar-refractivity contribution in [3.63, 3.8) is 0 Å². The number of rotatable bonds is 5. The van der Waals surface area contributed by atoms with Crippen molar-refractivity contribution >= 4 is 28.8 Å². The van der Waals surface area contributed by atoms with Gasteiger partial charge in [-0.05, 0) is 54.3 Å². The Labute approximate surface area is 184 Å². The van der Waals surface area contributed by atoms with Crippen LogP contribution in [0.2, 0.25) is 0 Å². The molecule has 0 amide bonds. The molecule has 1 aromatic carbocycles. The third kappa shape index (κ3) is 3.64. The molecule has 0 spiro atoms. The highest BCUT2D eigenvalue weighted by Gasteiger charge is 2.12. The van der Waals surface area contributed by atoms with E-state index in [1.165, 1.54) is 4.57 Å². The number of benzene rings is 1. The molecule has 3 aromatic heterocycles. The average molecular weight is 428 g/mol. The number of aryl methyl sites for hydroxylation is 1. The summed E-state index contributed by atoms with van der Waals surface area (Å²) in [6, 6.07) is 7.83. The van der Waals surface area contributed by atoms with E-state index in [0.29, 0.717) is 17.4 Å². The second-order valence-electron chi connectivity index (χ2n) is 7.94. The first-order chi connectivity index (χ1) is 15.5. The van der Waals surface area contributed by atoms with Crippen LogP contribution < -0.4 is 21.1 Å². The number of fused-ring (bicyclic) bond motifs is 2. The molecule has 1 unspecified atom stereocenters. The quantitative estimate of drug-likeness (QED) is 0.507. The molecule has 0 radical (unpaired) electrons. The van der Waals surface area contributed by atoms with Crippen LogP contribution in [0.3, 0.4) is 0 Å². The smallest absolute Gasteiger partial charge is 0.352 e. The lowest BCUT2D eigenvalue weighted by Gasteiger charge is -2.08. The van der Waals surface area contributed by atoms with E-state index >= 15 is 0 Å². The molecule has 5 rings (SSSR count). The van der Waals surface area contributed by atoms with Crippen molar-refractivity contribution in [1.29, 1.82) is 0 Å². The Balaban J connectivity index is 1.53. The normalized spacial score (nSPS) is 15.5. The SMILES string of the molecule is CCCc1nc2c([nH]1)=CC(c1ccn(-c3ccc4nc(OC)[nH]c4c3)c(=O)n1)=CC(C)C=2. The van der Waals surface area contributed by atoms with Gasteiger partial charge in [-0.1, -0.05) is 19.9 Å². The minimum absolute atomic E-state index is 0.169. The number of H-pyrrole nitrogens is 2. The molecule has 0 bridgehead atoms. The van der Waals surface area contributed by atoms with Crippen LogP contribution in [0.1, 0.15) is 31.8 Å². The first kappa shape index (κ1) is 20.0. The van der Waals surface area contributed by atoms with Crippen molar-refractivity contribution in [3.05, 3.63) is 69.2 Å². The number of allylic oxidation sites excluding steroid dienone is 2. The van der Waals surface area contributed by atoms with Crippen molar-refractivity contribution in [2.45, 2.75) is 26.7 Å². The van der Waals surface area contributed by atoms with Gasteiger partial charge in [-0.25, -0.2) is 9.78 Å². The second kappa shape index (κ2) is 7.96. The summed E-state index contributed by atoms with van der Waals surface area (Å²) in [6.45, 7) is 4.24. The van der Waals surface area contributed by atoms with Gasteiger partial charge in [0.1, 0.15) is 5.82 Å². The molecule has 0 fully saturated rings. The van der Waals surface area contributed by atoms with Crippen LogP contribution in [-0.4, -0.2) is 36.6 Å². The highest BCUT2D eigenvalue weighted by Crippen LogP contribution is 2.20. The average Bonchev–Trinajstić information content (AvgIpc) is 3.32. The number of nitrogens with zero attached hydrogens (tertiary/aromatic N) is 4. The zero-order valence-corrected chi connectivity index (χ0v) is 18.2. The Kier molecular flexibility index (Phi) is 4.97. The molecule has 1 aliphatic carbocycles. The number of hydrogen-bond acceptors (Lipinski definition) is 5. The molecule has 2 N–H and O–H groups in total. The van der Waals surface area contributed by atoms with E-state index in [1.54, 1.807) is 13.3 Å². The maximum absolute atomic E-state index is 12.9. The van der Waals surface area contributed by atoms with E-state index in [0.717, 1.165) is 46.0 Å². The number of methoxy groups -OCH3 is 1. The molecule has 1 atom stereocenters. The molecule has 8 heteroatoms. The summed E-state index contributed by atoms with van der Waals surface area (Å²) in [5.74, 6) is 1.15. The van der Waals surface area contributed by atoms with Crippen molar-refractivity contribution < 1.29 is 4.74 Å². The molecule has 1 aliphatic rings. The summed E-state index contributed by atoms with van der Waals surface area (Å²) >= 11 is 0. The summed E-state index contributed by atoms with van der Waals surface area (Å²) < 4.78 is 6.66. The largest absolute Gasteiger partial charge is 0.468 e. The number of hydrogen-bond donors (Lipinski definition) is 2. The van der Waals surface area contributed by atoms with Crippen LogP contribution in [0.15, 0.2) is 41.3 Å². The second-order valence-corrected chi connectivity index (χ2v) is 7.94. The summed E-state index contributed by atoms with van der Waals surface area (Å²) in [7, 11) is 1.56. The third-order valence-corrected chi connectivity index (χ3v) is 5.47. The standard InChI is InChI=1S/C24H24N6O2/c1-4-5-22-25-19-11-14(2)10-15(12-20(19)26-22)17-8-9-30(24(31)29-17)16-6-7-18-21(13-16)28-23(27-18)32-3/h6-14H,4-5H2,1-3H3,(H,25,26)(H,27,28). The zero-order chi connectivity index (χ0) is 22.2. The van der Waals surface area contributed by atoms with Crippen molar-refractivity contribution in [2.75, 3.05) is 7.11 Å². The fourth-order valence-electron chi connectivity index (χ4n) is 3.97. The van der Waals surface area contributed by atoms with Gasteiger partial charge in [-0.15, -0.1) is 0 Å². The maximum Gasteiger partial charge on any atom is 0.352 e. The number of imidazole rings is 2. The van der Waals surface area contributed by atoms with Gasteiger partial charge in [-0.3, -0.25) is 4.57 Å². The van der Waals surface area contributed by atoms with Gasteiger partial charge in [0.05, 0.1) is 40.2 Å². The van der Waals surface area contributed by atoms with Crippen LogP contribution in [0.4, 0.5) is 0 Å². The molecular formula is C24H24N6O2. The Bertz CT molecular complexity index is 1520. The molecule has 0 aliphatic heterocycles. The van der Waals surface area contributed by atoms with Gasteiger partial charge in [0.25, 0.3) is 6.01 Å². The fraction of sp³-hybridized carbons (Fsp3) is 0.250. The lowest BCUT2D eigenvalue weighted by molar-refractivity contribution is 0.386. The van der Waals surface area contributed by atoms with E-state index in [2.05, 4.69) is 45.9 Å². The highest BCUT2D eigenvalue weighted by molar-refractivity contribution is 5.87. The predicted molar refractivity (Wildman–Crippen MR) is 124 cm³/mol. The first-order valence-electron chi connectivity index (χ1n) is 10.7. The Hall–Kier alpha value is -3.94. The van der Waals surface area contributed by atoms with E-state index in [9.17, 15) is 4.79 Å². The van der Waals surface area contributed by atoms with Crippen molar-refractivity contribution in [2.24, 2.45) is 5.92 Å². The molecule has 3 heterocycles. The lowest BCUT2D eigenvalue weighted by Crippen LogP contribution is -2.24. The number of aromatic nitrogens is 6. The van der Waals surface area contributed by atoms with E-state index in [4.69, 9.17) is 9.72 Å². The first-order valence-corrected chi connectivity index (χ1v) is 10.7. The third-order valence-electron chi connectivity index (χ3n) is 5.47. The summed E-state index contributed by atoms with van der Waals surface area (Å²) in [5.41, 5.74) is 3.44. The number of aromatic amines is 2. The Morgan fingerprint density at radius 1 is 1.12 bits per heavy atom. The van der Waals surface area contributed by atoms with Crippen LogP contribution in [-0.2, 0) is 6.42 Å². The van der Waals surface area contributed by atoms with Crippen molar-refractivity contribution in [1.82, 2.24) is 29.5 Å². The Morgan fingerprint density at radius 2 is 2.00 bits per heavy atom. The molecule has 8 nitrogen and oxygen atoms in total. The highest BCUT2D eigenvalue weighted by atomic mass is 16.5. The number of nitrogens with one attached hydrogen (secondary N) is 2. The molecular weight excluding hydrogens is 404 g/mol. The van der Waals surface area contributed by atoms with E-state index in [-0.39, 0.29) is 11.6 Å². The molecule has 0 saturated heterocycles. The minimum Gasteiger partial charge on any atom is -0.468 e. The topological polar surface area (TPSA) is 101 Å². The Morgan fingerprint density at radius 3 is 2.78 bits per heavy atom. The van der Waals surface area contributed by atoms with Gasteiger partial charge in [0, 0.05) is 12.6 Å². The van der Waals surface area contributed by atoms with Gasteiger partial charge in [0.15, 0.2) is 0 Å². The summed E-state index contributed by atoms with van der Waals surface area (Å²) in [6.07, 6.45) is 9.94. The minimum atomic E-state index is -0.347. The van der Waals surface area contributed by atoms with Gasteiger partial charge in [0.2, 0.25) is 0 Å².